The SMILES string of the molecule is O=C(c1ccc(Br)c(F)c1)c1c(F)cc(F)cc1F. The molecule has 0 unspecified atom stereocenters. The fraction of sp³-hybridized carbons (Fsp3) is 0. The Labute approximate surface area is 114 Å². The summed E-state index contributed by atoms with van der Waals surface area (Å²) in [7, 11) is 0. The van der Waals surface area contributed by atoms with Gasteiger partial charge in [0.1, 0.15) is 23.3 Å². The molecule has 0 spiro atoms. The van der Waals surface area contributed by atoms with E-state index in [-0.39, 0.29) is 10.0 Å². The van der Waals surface area contributed by atoms with Crippen molar-refractivity contribution in [1.82, 2.24) is 0 Å². The Morgan fingerprint density at radius 3 is 2.00 bits per heavy atom. The molecule has 2 rings (SSSR count). The fourth-order valence-electron chi connectivity index (χ4n) is 1.54. The zero-order chi connectivity index (χ0) is 14.2. The Morgan fingerprint density at radius 2 is 1.47 bits per heavy atom. The van der Waals surface area contributed by atoms with Crippen LogP contribution < -0.4 is 0 Å². The van der Waals surface area contributed by atoms with Gasteiger partial charge in [0.25, 0.3) is 0 Å². The van der Waals surface area contributed by atoms with Crippen LogP contribution in [0, 0.1) is 23.3 Å². The zero-order valence-electron chi connectivity index (χ0n) is 9.18. The van der Waals surface area contributed by atoms with E-state index in [1.165, 1.54) is 12.1 Å². The predicted octanol–water partition coefficient (Wildman–Crippen LogP) is 4.24. The van der Waals surface area contributed by atoms with Crippen LogP contribution in [-0.4, -0.2) is 5.78 Å². The van der Waals surface area contributed by atoms with Crippen LogP contribution in [0.4, 0.5) is 17.6 Å². The third kappa shape index (κ3) is 2.68. The van der Waals surface area contributed by atoms with Gasteiger partial charge in [-0.1, -0.05) is 0 Å². The molecule has 0 aromatic heterocycles. The van der Waals surface area contributed by atoms with E-state index in [2.05, 4.69) is 15.9 Å². The van der Waals surface area contributed by atoms with E-state index in [0.717, 1.165) is 6.07 Å². The number of halogens is 5. The zero-order valence-corrected chi connectivity index (χ0v) is 10.8. The van der Waals surface area contributed by atoms with Gasteiger partial charge >= 0.3 is 0 Å². The molecule has 2 aromatic carbocycles. The second-order valence-electron chi connectivity index (χ2n) is 3.70. The van der Waals surface area contributed by atoms with Gasteiger partial charge in [-0.15, -0.1) is 0 Å². The molecule has 0 bridgehead atoms. The minimum atomic E-state index is -1.33. The number of ketones is 1. The van der Waals surface area contributed by atoms with Crippen LogP contribution in [0.15, 0.2) is 34.8 Å². The topological polar surface area (TPSA) is 17.1 Å². The van der Waals surface area contributed by atoms with Crippen molar-refractivity contribution in [2.75, 3.05) is 0 Å². The highest BCUT2D eigenvalue weighted by molar-refractivity contribution is 9.10. The van der Waals surface area contributed by atoms with Crippen molar-refractivity contribution in [3.8, 4) is 0 Å². The third-order valence-corrected chi connectivity index (χ3v) is 3.06. The smallest absolute Gasteiger partial charge is 0.199 e. The maximum atomic E-state index is 13.4. The second-order valence-corrected chi connectivity index (χ2v) is 4.56. The molecule has 0 aliphatic heterocycles. The summed E-state index contributed by atoms with van der Waals surface area (Å²) in [5.74, 6) is -5.58. The first-order valence-corrected chi connectivity index (χ1v) is 5.83. The molecule has 0 atom stereocenters. The van der Waals surface area contributed by atoms with Crippen molar-refractivity contribution in [2.24, 2.45) is 0 Å². The number of benzene rings is 2. The Kier molecular flexibility index (Phi) is 3.71. The van der Waals surface area contributed by atoms with Gasteiger partial charge in [-0.3, -0.25) is 4.79 Å². The largest absolute Gasteiger partial charge is 0.288 e. The monoisotopic (exact) mass is 332 g/mol. The molecule has 1 nitrogen and oxygen atoms in total. The highest BCUT2D eigenvalue weighted by Gasteiger charge is 2.21. The van der Waals surface area contributed by atoms with Gasteiger partial charge in [0.15, 0.2) is 5.78 Å². The second kappa shape index (κ2) is 5.13. The first-order valence-electron chi connectivity index (χ1n) is 5.04. The molecule has 0 amide bonds. The Hall–Kier alpha value is -1.69. The van der Waals surface area contributed by atoms with Crippen LogP contribution >= 0.6 is 15.9 Å². The maximum absolute atomic E-state index is 13.4. The molecular formula is C13H5BrF4O. The molecular weight excluding hydrogens is 328 g/mol. The van der Waals surface area contributed by atoms with Gasteiger partial charge in [-0.2, -0.15) is 0 Å². The van der Waals surface area contributed by atoms with Crippen molar-refractivity contribution in [1.29, 1.82) is 0 Å². The van der Waals surface area contributed by atoms with Gasteiger partial charge in [-0.25, -0.2) is 17.6 Å². The predicted molar refractivity (Wildman–Crippen MR) is 63.8 cm³/mol. The average molecular weight is 333 g/mol. The highest BCUT2D eigenvalue weighted by Crippen LogP contribution is 2.22. The first kappa shape index (κ1) is 13.7. The molecule has 2 aromatic rings. The van der Waals surface area contributed by atoms with Crippen molar-refractivity contribution < 1.29 is 22.4 Å². The summed E-state index contributed by atoms with van der Waals surface area (Å²) in [6.07, 6.45) is 0. The van der Waals surface area contributed by atoms with Gasteiger partial charge in [0, 0.05) is 17.7 Å². The number of carbonyl (C=O) groups is 1. The van der Waals surface area contributed by atoms with E-state index >= 15 is 0 Å². The third-order valence-electron chi connectivity index (χ3n) is 2.42. The van der Waals surface area contributed by atoms with Gasteiger partial charge in [-0.05, 0) is 34.1 Å². The summed E-state index contributed by atoms with van der Waals surface area (Å²) >= 11 is 2.89. The molecule has 0 fully saturated rings. The van der Waals surface area contributed by atoms with Crippen LogP contribution in [0.1, 0.15) is 15.9 Å². The van der Waals surface area contributed by atoms with Crippen LogP contribution in [0.5, 0.6) is 0 Å². The van der Waals surface area contributed by atoms with Crippen molar-refractivity contribution in [3.63, 3.8) is 0 Å². The molecule has 0 aliphatic carbocycles. The summed E-state index contributed by atoms with van der Waals surface area (Å²) < 4.78 is 53.0. The summed E-state index contributed by atoms with van der Waals surface area (Å²) in [6, 6.07) is 4.07. The molecule has 19 heavy (non-hydrogen) atoms. The maximum Gasteiger partial charge on any atom is 0.199 e. The Bertz CT molecular complexity index is 647. The summed E-state index contributed by atoms with van der Waals surface area (Å²) in [6.45, 7) is 0. The normalized spacial score (nSPS) is 10.6. The quantitative estimate of drug-likeness (QED) is 0.594. The van der Waals surface area contributed by atoms with Crippen LogP contribution in [-0.2, 0) is 0 Å². The Morgan fingerprint density at radius 1 is 0.895 bits per heavy atom. The molecule has 0 saturated carbocycles. The molecule has 0 saturated heterocycles. The summed E-state index contributed by atoms with van der Waals surface area (Å²) in [5.41, 5.74) is -1.15. The summed E-state index contributed by atoms with van der Waals surface area (Å²) in [4.78, 5) is 11.9. The number of carbonyl (C=O) groups excluding carboxylic acids is 1. The van der Waals surface area contributed by atoms with E-state index < -0.39 is 34.6 Å². The van der Waals surface area contributed by atoms with E-state index in [4.69, 9.17) is 0 Å². The van der Waals surface area contributed by atoms with E-state index in [0.29, 0.717) is 12.1 Å². The van der Waals surface area contributed by atoms with E-state index in [1.807, 2.05) is 0 Å². The van der Waals surface area contributed by atoms with E-state index in [9.17, 15) is 22.4 Å². The van der Waals surface area contributed by atoms with Gasteiger partial charge in [0.2, 0.25) is 0 Å². The standard InChI is InChI=1S/C13H5BrF4O/c14-8-2-1-6(3-9(8)16)13(19)12-10(17)4-7(15)5-11(12)18/h1-5H. The number of rotatable bonds is 2. The lowest BCUT2D eigenvalue weighted by atomic mass is 10.0. The molecule has 98 valence electrons. The van der Waals surface area contributed by atoms with Crippen molar-refractivity contribution in [2.45, 2.75) is 0 Å². The van der Waals surface area contributed by atoms with Gasteiger partial charge < -0.3 is 0 Å². The molecule has 0 aliphatic rings. The summed E-state index contributed by atoms with van der Waals surface area (Å²) in [5, 5.41) is 0. The van der Waals surface area contributed by atoms with E-state index in [1.54, 1.807) is 0 Å². The molecule has 6 heteroatoms. The van der Waals surface area contributed by atoms with Crippen LogP contribution in [0.25, 0.3) is 0 Å². The van der Waals surface area contributed by atoms with Crippen LogP contribution in [0.3, 0.4) is 0 Å². The number of hydrogen-bond donors (Lipinski definition) is 0. The van der Waals surface area contributed by atoms with Gasteiger partial charge in [0.05, 0.1) is 10.0 Å². The first-order chi connectivity index (χ1) is 8.90. The minimum absolute atomic E-state index is 0.115. The molecule has 0 radical (unpaired) electrons. The highest BCUT2D eigenvalue weighted by atomic mass is 79.9. The molecule has 0 N–H and O–H groups in total. The van der Waals surface area contributed by atoms with Crippen molar-refractivity contribution in [3.05, 3.63) is 69.2 Å². The lowest BCUT2D eigenvalue weighted by Crippen LogP contribution is -2.08. The molecule has 0 heterocycles. The fourth-order valence-corrected chi connectivity index (χ4v) is 1.79. The average Bonchev–Trinajstić information content (AvgIpc) is 2.31. The van der Waals surface area contributed by atoms with Crippen molar-refractivity contribution >= 4 is 21.7 Å². The number of hydrogen-bond acceptors (Lipinski definition) is 1. The lowest BCUT2D eigenvalue weighted by molar-refractivity contribution is 0.103. The Balaban J connectivity index is 2.53. The van der Waals surface area contributed by atoms with Crippen LogP contribution in [0.2, 0.25) is 0 Å². The minimum Gasteiger partial charge on any atom is -0.288 e. The lowest BCUT2D eigenvalue weighted by Gasteiger charge is -2.05.